The Kier molecular flexibility index (Phi) is 10.3. The number of halogens is 1. The van der Waals surface area contributed by atoms with Gasteiger partial charge in [-0.25, -0.2) is 12.7 Å². The number of aliphatic imine (C=N–C) groups is 1. The third-order valence-corrected chi connectivity index (χ3v) is 6.66. The monoisotopic (exact) mass is 516 g/mol. The predicted octanol–water partition coefficient (Wildman–Crippen LogP) is 2.20. The summed E-state index contributed by atoms with van der Waals surface area (Å²) in [5, 5.41) is 6.39. The summed E-state index contributed by atoms with van der Waals surface area (Å²) in [4.78, 5) is 4.41. The van der Waals surface area contributed by atoms with Gasteiger partial charge in [0.2, 0.25) is 10.0 Å². The highest BCUT2D eigenvalue weighted by atomic mass is 127. The van der Waals surface area contributed by atoms with Gasteiger partial charge >= 0.3 is 0 Å². The van der Waals surface area contributed by atoms with Crippen LogP contribution in [0, 0.1) is 6.92 Å². The summed E-state index contributed by atoms with van der Waals surface area (Å²) < 4.78 is 31.9. The average Bonchev–Trinajstić information content (AvgIpc) is 3.02. The molecule has 7 nitrogen and oxygen atoms in total. The van der Waals surface area contributed by atoms with E-state index in [1.54, 1.807) is 16.1 Å². The molecule has 26 heavy (non-hydrogen) atoms. The molecule has 1 aromatic rings. The van der Waals surface area contributed by atoms with Crippen LogP contribution in [0.3, 0.4) is 0 Å². The molecule has 0 aliphatic carbocycles. The van der Waals surface area contributed by atoms with E-state index >= 15 is 0 Å². The first kappa shape index (κ1) is 23.6. The number of rotatable bonds is 7. The minimum absolute atomic E-state index is 0. The Morgan fingerprint density at radius 2 is 2.08 bits per heavy atom. The number of thioether (sulfide) groups is 1. The van der Waals surface area contributed by atoms with Gasteiger partial charge in [-0.2, -0.15) is 11.8 Å². The zero-order valence-electron chi connectivity index (χ0n) is 15.5. The van der Waals surface area contributed by atoms with Crippen molar-refractivity contribution in [1.29, 1.82) is 0 Å². The van der Waals surface area contributed by atoms with E-state index < -0.39 is 10.0 Å². The van der Waals surface area contributed by atoms with Crippen LogP contribution in [0.4, 0.5) is 0 Å². The molecule has 2 rings (SSSR count). The molecule has 0 amide bonds. The lowest BCUT2D eigenvalue weighted by molar-refractivity contribution is 0.440. The van der Waals surface area contributed by atoms with Crippen molar-refractivity contribution in [3.8, 4) is 0 Å². The summed E-state index contributed by atoms with van der Waals surface area (Å²) in [6, 6.07) is 3.79. The molecule has 0 spiro atoms. The van der Waals surface area contributed by atoms with Gasteiger partial charge in [0.25, 0.3) is 0 Å². The molecule has 1 aromatic heterocycles. The average molecular weight is 516 g/mol. The summed E-state index contributed by atoms with van der Waals surface area (Å²) in [6.07, 6.45) is 0. The highest BCUT2D eigenvalue weighted by Crippen LogP contribution is 2.15. The van der Waals surface area contributed by atoms with Gasteiger partial charge < -0.3 is 15.1 Å². The number of sulfonamides is 1. The number of guanidine groups is 1. The quantitative estimate of drug-likeness (QED) is 0.329. The van der Waals surface area contributed by atoms with Gasteiger partial charge in [-0.05, 0) is 32.9 Å². The lowest BCUT2D eigenvalue weighted by Crippen LogP contribution is -2.41. The van der Waals surface area contributed by atoms with Gasteiger partial charge in [-0.15, -0.1) is 24.0 Å². The Morgan fingerprint density at radius 3 is 2.65 bits per heavy atom. The molecule has 1 aliphatic heterocycles. The molecule has 0 aromatic carbocycles. The Bertz CT molecular complexity index is 673. The van der Waals surface area contributed by atoms with E-state index in [-0.39, 0.29) is 42.3 Å². The van der Waals surface area contributed by atoms with Crippen molar-refractivity contribution >= 4 is 51.7 Å². The SMILES string of the molecule is CCNC(=NCCS(=O)(=O)N1CCSCC1)NC(C)c1ccc(C)o1.I. The Morgan fingerprint density at radius 1 is 1.38 bits per heavy atom. The standard InChI is InChI=1S/C16H28N4O3S2.HI/c1-4-17-16(19-14(3)15-6-5-13(2)23-15)18-7-12-25(21,22)20-8-10-24-11-9-20;/h5-6,14H,4,7-12H2,1-3H3,(H2,17,18,19);1H. The third-order valence-electron chi connectivity index (χ3n) is 3.87. The number of hydrogen-bond acceptors (Lipinski definition) is 5. The second kappa shape index (κ2) is 11.4. The number of aryl methyl sites for hydroxylation is 1. The van der Waals surface area contributed by atoms with Crippen LogP contribution in [-0.4, -0.2) is 62.1 Å². The van der Waals surface area contributed by atoms with Crippen molar-refractivity contribution in [3.63, 3.8) is 0 Å². The van der Waals surface area contributed by atoms with Gasteiger partial charge in [-0.1, -0.05) is 0 Å². The van der Waals surface area contributed by atoms with Crippen molar-refractivity contribution in [2.45, 2.75) is 26.8 Å². The fraction of sp³-hybridized carbons (Fsp3) is 0.688. The van der Waals surface area contributed by atoms with E-state index in [2.05, 4.69) is 15.6 Å². The van der Waals surface area contributed by atoms with Gasteiger partial charge in [0.05, 0.1) is 18.3 Å². The van der Waals surface area contributed by atoms with E-state index in [9.17, 15) is 8.42 Å². The molecular weight excluding hydrogens is 487 g/mol. The highest BCUT2D eigenvalue weighted by Gasteiger charge is 2.23. The molecule has 1 aliphatic rings. The molecule has 1 atom stereocenters. The maximum atomic E-state index is 12.4. The van der Waals surface area contributed by atoms with Crippen LogP contribution >= 0.6 is 35.7 Å². The fourth-order valence-electron chi connectivity index (χ4n) is 2.51. The summed E-state index contributed by atoms with van der Waals surface area (Å²) >= 11 is 1.79. The topological polar surface area (TPSA) is 86.9 Å². The van der Waals surface area contributed by atoms with E-state index in [0.717, 1.165) is 23.0 Å². The summed E-state index contributed by atoms with van der Waals surface area (Å²) in [7, 11) is -3.23. The number of nitrogens with one attached hydrogen (secondary N) is 2. The molecule has 1 saturated heterocycles. The molecule has 1 fully saturated rings. The van der Waals surface area contributed by atoms with Gasteiger partial charge in [-0.3, -0.25) is 4.99 Å². The first-order chi connectivity index (χ1) is 11.9. The molecular formula is C16H29IN4O3S2. The van der Waals surface area contributed by atoms with Crippen LogP contribution in [0.5, 0.6) is 0 Å². The first-order valence-electron chi connectivity index (χ1n) is 8.59. The van der Waals surface area contributed by atoms with Crippen molar-refractivity contribution in [1.82, 2.24) is 14.9 Å². The van der Waals surface area contributed by atoms with Crippen LogP contribution < -0.4 is 10.6 Å². The van der Waals surface area contributed by atoms with E-state index in [1.165, 1.54) is 0 Å². The summed E-state index contributed by atoms with van der Waals surface area (Å²) in [5.74, 6) is 4.04. The van der Waals surface area contributed by atoms with E-state index in [1.807, 2.05) is 32.9 Å². The summed E-state index contributed by atoms with van der Waals surface area (Å²) in [6.45, 7) is 7.98. The largest absolute Gasteiger partial charge is 0.464 e. The van der Waals surface area contributed by atoms with Gasteiger partial charge in [0.15, 0.2) is 5.96 Å². The normalized spacial score (nSPS) is 17.4. The maximum absolute atomic E-state index is 12.4. The zero-order valence-corrected chi connectivity index (χ0v) is 19.5. The second-order valence-corrected chi connectivity index (χ2v) is 9.22. The Hall–Kier alpha value is -0.460. The minimum Gasteiger partial charge on any atom is -0.464 e. The van der Waals surface area contributed by atoms with Crippen molar-refractivity contribution < 1.29 is 12.8 Å². The van der Waals surface area contributed by atoms with Crippen molar-refractivity contribution in [2.24, 2.45) is 4.99 Å². The lowest BCUT2D eigenvalue weighted by Gasteiger charge is -2.25. The molecule has 0 saturated carbocycles. The van der Waals surface area contributed by atoms with E-state index in [0.29, 0.717) is 25.6 Å². The van der Waals surface area contributed by atoms with Crippen molar-refractivity contribution in [3.05, 3.63) is 23.7 Å². The smallest absolute Gasteiger partial charge is 0.215 e. The lowest BCUT2D eigenvalue weighted by atomic mass is 10.2. The molecule has 10 heteroatoms. The molecule has 2 N–H and O–H groups in total. The minimum atomic E-state index is -3.23. The van der Waals surface area contributed by atoms with Crippen molar-refractivity contribution in [2.75, 3.05) is 43.4 Å². The van der Waals surface area contributed by atoms with Crippen LogP contribution in [-0.2, 0) is 10.0 Å². The maximum Gasteiger partial charge on any atom is 0.215 e. The molecule has 0 radical (unpaired) electrons. The van der Waals surface area contributed by atoms with Crippen LogP contribution in [0.15, 0.2) is 21.5 Å². The van der Waals surface area contributed by atoms with Gasteiger partial charge in [0.1, 0.15) is 11.5 Å². The highest BCUT2D eigenvalue weighted by molar-refractivity contribution is 14.0. The van der Waals surface area contributed by atoms with Gasteiger partial charge in [0, 0.05) is 31.1 Å². The number of hydrogen-bond donors (Lipinski definition) is 2. The molecule has 2 heterocycles. The molecule has 0 bridgehead atoms. The first-order valence-corrected chi connectivity index (χ1v) is 11.4. The fourth-order valence-corrected chi connectivity index (χ4v) is 4.96. The predicted molar refractivity (Wildman–Crippen MR) is 119 cm³/mol. The van der Waals surface area contributed by atoms with Crippen LogP contribution in [0.2, 0.25) is 0 Å². The van der Waals surface area contributed by atoms with E-state index in [4.69, 9.17) is 4.42 Å². The Labute approximate surface area is 177 Å². The second-order valence-electron chi connectivity index (χ2n) is 5.90. The molecule has 150 valence electrons. The van der Waals surface area contributed by atoms with Crippen LogP contribution in [0.25, 0.3) is 0 Å². The summed E-state index contributed by atoms with van der Waals surface area (Å²) in [5.41, 5.74) is 0. The molecule has 1 unspecified atom stereocenters. The number of nitrogens with zero attached hydrogens (tertiary/aromatic N) is 2. The zero-order chi connectivity index (χ0) is 18.3. The number of furan rings is 1. The Balaban J connectivity index is 0.00000338. The van der Waals surface area contributed by atoms with Crippen LogP contribution in [0.1, 0.15) is 31.4 Å². The third kappa shape index (κ3) is 7.28.